The minimum absolute atomic E-state index is 0.134. The zero-order valence-corrected chi connectivity index (χ0v) is 9.49. The predicted molar refractivity (Wildman–Crippen MR) is 59.9 cm³/mol. The molecular weight excluding hydrogens is 188 g/mol. The van der Waals surface area contributed by atoms with E-state index < -0.39 is 0 Å². The smallest absolute Gasteiger partial charge is 0.256 e. The summed E-state index contributed by atoms with van der Waals surface area (Å²) >= 11 is 0. The maximum Gasteiger partial charge on any atom is 0.256 e. The number of hydrogen-bond acceptors (Lipinski definition) is 2. The molecule has 3 heteroatoms. The number of rotatable bonds is 2. The second-order valence-electron chi connectivity index (χ2n) is 4.56. The molecule has 0 unspecified atom stereocenters. The molecular formula is C12H18N2O. The van der Waals surface area contributed by atoms with Crippen molar-refractivity contribution in [2.75, 3.05) is 0 Å². The Hall–Kier alpha value is -1.12. The molecule has 0 N–H and O–H groups in total. The van der Waals surface area contributed by atoms with Crippen LogP contribution in [0.25, 0.3) is 0 Å². The lowest BCUT2D eigenvalue weighted by Gasteiger charge is -2.12. The summed E-state index contributed by atoms with van der Waals surface area (Å²) in [6.45, 7) is 4.60. The maximum absolute atomic E-state index is 11.9. The molecule has 0 aliphatic heterocycles. The Morgan fingerprint density at radius 2 is 2.07 bits per heavy atom. The molecule has 0 amide bonds. The van der Waals surface area contributed by atoms with Crippen molar-refractivity contribution in [1.82, 2.24) is 9.55 Å². The Morgan fingerprint density at radius 3 is 2.73 bits per heavy atom. The fourth-order valence-corrected chi connectivity index (χ4v) is 2.28. The molecule has 1 fully saturated rings. The van der Waals surface area contributed by atoms with E-state index in [0.29, 0.717) is 5.92 Å². The molecule has 15 heavy (non-hydrogen) atoms. The van der Waals surface area contributed by atoms with Crippen LogP contribution in [0.5, 0.6) is 0 Å². The SMILES string of the molecule is Cc1ncn(CC2CCCC2)c(=O)c1C. The summed E-state index contributed by atoms with van der Waals surface area (Å²) in [5, 5.41) is 0. The van der Waals surface area contributed by atoms with Crippen molar-refractivity contribution < 1.29 is 0 Å². The molecule has 1 heterocycles. The van der Waals surface area contributed by atoms with Crippen LogP contribution in [-0.4, -0.2) is 9.55 Å². The van der Waals surface area contributed by atoms with Crippen LogP contribution in [0.15, 0.2) is 11.1 Å². The van der Waals surface area contributed by atoms with Crippen molar-refractivity contribution in [3.05, 3.63) is 27.9 Å². The normalized spacial score (nSPS) is 17.2. The first-order valence-corrected chi connectivity index (χ1v) is 5.71. The molecule has 1 aliphatic carbocycles. The van der Waals surface area contributed by atoms with Crippen molar-refractivity contribution in [3.8, 4) is 0 Å². The van der Waals surface area contributed by atoms with E-state index >= 15 is 0 Å². The van der Waals surface area contributed by atoms with Gasteiger partial charge in [-0.25, -0.2) is 4.98 Å². The average molecular weight is 206 g/mol. The van der Waals surface area contributed by atoms with E-state index in [9.17, 15) is 4.79 Å². The summed E-state index contributed by atoms with van der Waals surface area (Å²) < 4.78 is 1.78. The van der Waals surface area contributed by atoms with E-state index in [0.717, 1.165) is 17.8 Å². The highest BCUT2D eigenvalue weighted by molar-refractivity contribution is 5.12. The summed E-state index contributed by atoms with van der Waals surface area (Å²) in [5.74, 6) is 0.687. The van der Waals surface area contributed by atoms with Gasteiger partial charge in [-0.2, -0.15) is 0 Å². The van der Waals surface area contributed by atoms with E-state index in [2.05, 4.69) is 4.98 Å². The molecule has 1 aliphatic rings. The lowest BCUT2D eigenvalue weighted by atomic mass is 10.1. The predicted octanol–water partition coefficient (Wildman–Crippen LogP) is 2.05. The topological polar surface area (TPSA) is 34.9 Å². The van der Waals surface area contributed by atoms with Crippen LogP contribution in [0.1, 0.15) is 36.9 Å². The van der Waals surface area contributed by atoms with E-state index in [-0.39, 0.29) is 5.56 Å². The number of hydrogen-bond donors (Lipinski definition) is 0. The van der Waals surface area contributed by atoms with Crippen molar-refractivity contribution in [3.63, 3.8) is 0 Å². The quantitative estimate of drug-likeness (QED) is 0.742. The van der Waals surface area contributed by atoms with Crippen LogP contribution in [0.3, 0.4) is 0 Å². The van der Waals surface area contributed by atoms with E-state index in [1.54, 1.807) is 10.9 Å². The van der Waals surface area contributed by atoms with Gasteiger partial charge in [0.25, 0.3) is 5.56 Å². The van der Waals surface area contributed by atoms with Gasteiger partial charge in [-0.1, -0.05) is 12.8 Å². The summed E-state index contributed by atoms with van der Waals surface area (Å²) in [6, 6.07) is 0. The molecule has 1 saturated carbocycles. The van der Waals surface area contributed by atoms with Gasteiger partial charge in [0.2, 0.25) is 0 Å². The molecule has 0 aromatic carbocycles. The monoisotopic (exact) mass is 206 g/mol. The molecule has 2 rings (SSSR count). The van der Waals surface area contributed by atoms with Crippen molar-refractivity contribution in [2.24, 2.45) is 5.92 Å². The molecule has 1 aromatic heterocycles. The summed E-state index contributed by atoms with van der Waals surface area (Å²) in [7, 11) is 0. The van der Waals surface area contributed by atoms with E-state index in [4.69, 9.17) is 0 Å². The minimum Gasteiger partial charge on any atom is -0.299 e. The van der Waals surface area contributed by atoms with Gasteiger partial charge in [-0.05, 0) is 32.6 Å². The largest absolute Gasteiger partial charge is 0.299 e. The van der Waals surface area contributed by atoms with Crippen LogP contribution in [0.4, 0.5) is 0 Å². The summed E-state index contributed by atoms with van der Waals surface area (Å²) in [6.07, 6.45) is 6.86. The molecule has 3 nitrogen and oxygen atoms in total. The van der Waals surface area contributed by atoms with Gasteiger partial charge in [0.05, 0.1) is 6.33 Å². The first kappa shape index (κ1) is 10.4. The number of aromatic nitrogens is 2. The van der Waals surface area contributed by atoms with Gasteiger partial charge in [0, 0.05) is 17.8 Å². The third-order valence-corrected chi connectivity index (χ3v) is 3.44. The lowest BCUT2D eigenvalue weighted by molar-refractivity contribution is 0.443. The van der Waals surface area contributed by atoms with Crippen LogP contribution in [0, 0.1) is 19.8 Å². The molecule has 0 radical (unpaired) electrons. The first-order valence-electron chi connectivity index (χ1n) is 5.71. The maximum atomic E-state index is 11.9. The van der Waals surface area contributed by atoms with Gasteiger partial charge in [0.1, 0.15) is 0 Å². The van der Waals surface area contributed by atoms with E-state index in [1.807, 2.05) is 13.8 Å². The van der Waals surface area contributed by atoms with Gasteiger partial charge < -0.3 is 0 Å². The van der Waals surface area contributed by atoms with Gasteiger partial charge >= 0.3 is 0 Å². The molecule has 0 atom stereocenters. The molecule has 0 bridgehead atoms. The number of nitrogens with zero attached hydrogens (tertiary/aromatic N) is 2. The lowest BCUT2D eigenvalue weighted by Crippen LogP contribution is -2.26. The third-order valence-electron chi connectivity index (χ3n) is 3.44. The zero-order chi connectivity index (χ0) is 10.8. The molecule has 82 valence electrons. The minimum atomic E-state index is 0.134. The molecule has 0 saturated heterocycles. The Bertz CT molecular complexity index is 403. The van der Waals surface area contributed by atoms with Crippen molar-refractivity contribution in [2.45, 2.75) is 46.1 Å². The fraction of sp³-hybridized carbons (Fsp3) is 0.667. The Morgan fingerprint density at radius 1 is 1.40 bits per heavy atom. The van der Waals surface area contributed by atoms with E-state index in [1.165, 1.54) is 25.7 Å². The van der Waals surface area contributed by atoms with Crippen molar-refractivity contribution in [1.29, 1.82) is 0 Å². The Balaban J connectivity index is 2.21. The highest BCUT2D eigenvalue weighted by Gasteiger charge is 2.16. The van der Waals surface area contributed by atoms with Crippen LogP contribution in [0.2, 0.25) is 0 Å². The van der Waals surface area contributed by atoms with Gasteiger partial charge in [-0.3, -0.25) is 9.36 Å². The highest BCUT2D eigenvalue weighted by Crippen LogP contribution is 2.25. The first-order chi connectivity index (χ1) is 7.18. The summed E-state index contributed by atoms with van der Waals surface area (Å²) in [5.41, 5.74) is 1.77. The van der Waals surface area contributed by atoms with Crippen LogP contribution < -0.4 is 5.56 Å². The van der Waals surface area contributed by atoms with Gasteiger partial charge in [-0.15, -0.1) is 0 Å². The standard InChI is InChI=1S/C12H18N2O/c1-9-10(2)13-8-14(12(9)15)7-11-5-3-4-6-11/h8,11H,3-7H2,1-2H3. The van der Waals surface area contributed by atoms with Crippen LogP contribution >= 0.6 is 0 Å². The second kappa shape index (κ2) is 4.17. The summed E-state index contributed by atoms with van der Waals surface area (Å²) in [4.78, 5) is 16.1. The fourth-order valence-electron chi connectivity index (χ4n) is 2.28. The third kappa shape index (κ3) is 2.11. The Kier molecular flexibility index (Phi) is 2.89. The average Bonchev–Trinajstić information content (AvgIpc) is 2.72. The second-order valence-corrected chi connectivity index (χ2v) is 4.56. The molecule has 1 aromatic rings. The van der Waals surface area contributed by atoms with Crippen LogP contribution in [-0.2, 0) is 6.54 Å². The number of aryl methyl sites for hydroxylation is 1. The zero-order valence-electron chi connectivity index (χ0n) is 9.49. The Labute approximate surface area is 90.2 Å². The van der Waals surface area contributed by atoms with Crippen molar-refractivity contribution >= 4 is 0 Å². The molecule has 0 spiro atoms. The highest BCUT2D eigenvalue weighted by atomic mass is 16.1. The van der Waals surface area contributed by atoms with Gasteiger partial charge in [0.15, 0.2) is 0 Å².